The number of hydrogen-bond donors (Lipinski definition) is 1. The SMILES string of the molecule is NC(=O)c1cccc(OCCC(=O)N2CCC[C@H]2c2cccs2)c1. The molecule has 0 aliphatic carbocycles. The summed E-state index contributed by atoms with van der Waals surface area (Å²) in [5.41, 5.74) is 5.65. The second-order valence-electron chi connectivity index (χ2n) is 5.75. The number of rotatable bonds is 6. The molecule has 1 aromatic carbocycles. The van der Waals surface area contributed by atoms with Gasteiger partial charge in [0.15, 0.2) is 0 Å². The minimum Gasteiger partial charge on any atom is -0.493 e. The van der Waals surface area contributed by atoms with Gasteiger partial charge < -0.3 is 15.4 Å². The average molecular weight is 344 g/mol. The number of nitrogens with zero attached hydrogens (tertiary/aromatic N) is 1. The van der Waals surface area contributed by atoms with Crippen LogP contribution in [0.4, 0.5) is 0 Å². The maximum absolute atomic E-state index is 12.5. The van der Waals surface area contributed by atoms with E-state index in [-0.39, 0.29) is 18.6 Å². The summed E-state index contributed by atoms with van der Waals surface area (Å²) in [7, 11) is 0. The predicted molar refractivity (Wildman–Crippen MR) is 93.1 cm³/mol. The molecule has 3 rings (SSSR count). The Labute approximate surface area is 145 Å². The number of benzene rings is 1. The largest absolute Gasteiger partial charge is 0.493 e. The lowest BCUT2D eigenvalue weighted by atomic mass is 10.2. The number of primary amides is 1. The van der Waals surface area contributed by atoms with Gasteiger partial charge in [0.05, 0.1) is 19.1 Å². The third kappa shape index (κ3) is 3.76. The van der Waals surface area contributed by atoms with Crippen LogP contribution in [0.3, 0.4) is 0 Å². The van der Waals surface area contributed by atoms with E-state index in [2.05, 4.69) is 6.07 Å². The Hall–Kier alpha value is -2.34. The number of amides is 2. The van der Waals surface area contributed by atoms with Crippen LogP contribution >= 0.6 is 11.3 Å². The first kappa shape index (κ1) is 16.5. The molecule has 1 atom stereocenters. The molecule has 6 heteroatoms. The van der Waals surface area contributed by atoms with Crippen molar-refractivity contribution < 1.29 is 14.3 Å². The minimum absolute atomic E-state index is 0.108. The fourth-order valence-corrected chi connectivity index (χ4v) is 3.85. The zero-order chi connectivity index (χ0) is 16.9. The molecular formula is C18H20N2O3S. The first-order valence-corrected chi connectivity index (χ1v) is 8.88. The van der Waals surface area contributed by atoms with Crippen LogP contribution in [0.5, 0.6) is 5.75 Å². The van der Waals surface area contributed by atoms with Gasteiger partial charge in [-0.25, -0.2) is 0 Å². The van der Waals surface area contributed by atoms with E-state index in [1.807, 2.05) is 16.3 Å². The number of ether oxygens (including phenoxy) is 1. The molecule has 1 aliphatic heterocycles. The Morgan fingerprint density at radius 2 is 2.17 bits per heavy atom. The number of carbonyl (C=O) groups excluding carboxylic acids is 2. The third-order valence-electron chi connectivity index (χ3n) is 4.15. The Kier molecular flexibility index (Phi) is 5.15. The second-order valence-corrected chi connectivity index (χ2v) is 6.73. The van der Waals surface area contributed by atoms with E-state index in [1.54, 1.807) is 35.6 Å². The molecule has 0 spiro atoms. The van der Waals surface area contributed by atoms with Crippen LogP contribution in [-0.4, -0.2) is 29.9 Å². The molecule has 5 nitrogen and oxygen atoms in total. The number of likely N-dealkylation sites (tertiary alicyclic amines) is 1. The van der Waals surface area contributed by atoms with Crippen molar-refractivity contribution >= 4 is 23.2 Å². The maximum atomic E-state index is 12.5. The van der Waals surface area contributed by atoms with Gasteiger partial charge in [0.25, 0.3) is 0 Å². The summed E-state index contributed by atoms with van der Waals surface area (Å²) >= 11 is 1.70. The van der Waals surface area contributed by atoms with Crippen molar-refractivity contribution in [1.82, 2.24) is 4.90 Å². The highest BCUT2D eigenvalue weighted by molar-refractivity contribution is 7.10. The van der Waals surface area contributed by atoms with Gasteiger partial charge in [0, 0.05) is 17.0 Å². The second kappa shape index (κ2) is 7.49. The molecule has 24 heavy (non-hydrogen) atoms. The van der Waals surface area contributed by atoms with Crippen molar-refractivity contribution in [2.75, 3.05) is 13.2 Å². The van der Waals surface area contributed by atoms with Gasteiger partial charge in [-0.2, -0.15) is 0 Å². The van der Waals surface area contributed by atoms with Gasteiger partial charge in [0.1, 0.15) is 5.75 Å². The van der Waals surface area contributed by atoms with E-state index in [0.717, 1.165) is 19.4 Å². The molecular weight excluding hydrogens is 324 g/mol. The lowest BCUT2D eigenvalue weighted by Crippen LogP contribution is -2.31. The molecule has 1 fully saturated rings. The molecule has 126 valence electrons. The summed E-state index contributed by atoms with van der Waals surface area (Å²) in [5.74, 6) is 0.166. The van der Waals surface area contributed by atoms with E-state index in [4.69, 9.17) is 10.5 Å². The summed E-state index contributed by atoms with van der Waals surface area (Å²) in [5, 5.41) is 2.05. The molecule has 0 unspecified atom stereocenters. The lowest BCUT2D eigenvalue weighted by Gasteiger charge is -2.24. The molecule has 2 amide bonds. The number of hydrogen-bond acceptors (Lipinski definition) is 4. The van der Waals surface area contributed by atoms with Crippen LogP contribution < -0.4 is 10.5 Å². The summed E-state index contributed by atoms with van der Waals surface area (Å²) in [6, 6.07) is 11.0. The first-order valence-electron chi connectivity index (χ1n) is 8.00. The van der Waals surface area contributed by atoms with Gasteiger partial charge >= 0.3 is 0 Å². The van der Waals surface area contributed by atoms with Crippen LogP contribution in [-0.2, 0) is 4.79 Å². The molecule has 2 heterocycles. The van der Waals surface area contributed by atoms with E-state index in [9.17, 15) is 9.59 Å². The molecule has 1 aliphatic rings. The van der Waals surface area contributed by atoms with Crippen molar-refractivity contribution in [2.45, 2.75) is 25.3 Å². The van der Waals surface area contributed by atoms with Gasteiger partial charge in [-0.05, 0) is 42.5 Å². The Morgan fingerprint density at radius 3 is 2.92 bits per heavy atom. The number of carbonyl (C=O) groups is 2. The highest BCUT2D eigenvalue weighted by Gasteiger charge is 2.30. The Morgan fingerprint density at radius 1 is 1.29 bits per heavy atom. The fourth-order valence-electron chi connectivity index (χ4n) is 2.98. The van der Waals surface area contributed by atoms with Crippen molar-refractivity contribution in [3.8, 4) is 5.75 Å². The van der Waals surface area contributed by atoms with Crippen LogP contribution in [0.1, 0.15) is 40.5 Å². The third-order valence-corrected chi connectivity index (χ3v) is 5.12. The molecule has 0 bridgehead atoms. The first-order chi connectivity index (χ1) is 11.6. The smallest absolute Gasteiger partial charge is 0.248 e. The van der Waals surface area contributed by atoms with Crippen molar-refractivity contribution in [1.29, 1.82) is 0 Å². The van der Waals surface area contributed by atoms with Crippen LogP contribution in [0.15, 0.2) is 41.8 Å². The van der Waals surface area contributed by atoms with Crippen LogP contribution in [0.25, 0.3) is 0 Å². The van der Waals surface area contributed by atoms with Crippen LogP contribution in [0.2, 0.25) is 0 Å². The molecule has 0 saturated carbocycles. The minimum atomic E-state index is -0.493. The zero-order valence-electron chi connectivity index (χ0n) is 13.3. The molecule has 1 aromatic heterocycles. The Bertz CT molecular complexity index is 715. The van der Waals surface area contributed by atoms with E-state index >= 15 is 0 Å². The summed E-state index contributed by atoms with van der Waals surface area (Å²) in [4.78, 5) is 26.9. The fraction of sp³-hybridized carbons (Fsp3) is 0.333. The van der Waals surface area contributed by atoms with Gasteiger partial charge in [-0.3, -0.25) is 9.59 Å². The normalized spacial score (nSPS) is 17.0. The van der Waals surface area contributed by atoms with Crippen molar-refractivity contribution in [2.24, 2.45) is 5.73 Å². The zero-order valence-corrected chi connectivity index (χ0v) is 14.1. The van der Waals surface area contributed by atoms with Gasteiger partial charge in [-0.15, -0.1) is 11.3 Å². The van der Waals surface area contributed by atoms with E-state index in [0.29, 0.717) is 17.7 Å². The lowest BCUT2D eigenvalue weighted by molar-refractivity contribution is -0.132. The van der Waals surface area contributed by atoms with Crippen molar-refractivity contribution in [3.63, 3.8) is 0 Å². The molecule has 2 aromatic rings. The van der Waals surface area contributed by atoms with Gasteiger partial charge in [-0.1, -0.05) is 12.1 Å². The van der Waals surface area contributed by atoms with E-state index in [1.165, 1.54) is 4.88 Å². The molecule has 2 N–H and O–H groups in total. The standard InChI is InChI=1S/C18H20N2O3S/c19-18(22)13-4-1-5-14(12-13)23-10-8-17(21)20-9-2-6-15(20)16-7-3-11-24-16/h1,3-5,7,11-12,15H,2,6,8-10H2,(H2,19,22)/t15-/m0/s1. The predicted octanol–water partition coefficient (Wildman–Crippen LogP) is 2.98. The number of nitrogens with two attached hydrogens (primary N) is 1. The number of thiophene rings is 1. The highest BCUT2D eigenvalue weighted by Crippen LogP contribution is 2.34. The topological polar surface area (TPSA) is 72.6 Å². The average Bonchev–Trinajstić information content (AvgIpc) is 3.26. The summed E-state index contributed by atoms with van der Waals surface area (Å²) in [6.45, 7) is 1.09. The van der Waals surface area contributed by atoms with Crippen LogP contribution in [0, 0.1) is 0 Å². The monoisotopic (exact) mass is 344 g/mol. The highest BCUT2D eigenvalue weighted by atomic mass is 32.1. The maximum Gasteiger partial charge on any atom is 0.248 e. The van der Waals surface area contributed by atoms with Crippen molar-refractivity contribution in [3.05, 3.63) is 52.2 Å². The van der Waals surface area contributed by atoms with Gasteiger partial charge in [0.2, 0.25) is 11.8 Å². The summed E-state index contributed by atoms with van der Waals surface area (Å²) < 4.78 is 5.60. The quantitative estimate of drug-likeness (QED) is 0.875. The summed E-state index contributed by atoms with van der Waals surface area (Å²) in [6.07, 6.45) is 2.38. The van der Waals surface area contributed by atoms with E-state index < -0.39 is 5.91 Å². The Balaban J connectivity index is 1.54. The molecule has 1 saturated heterocycles. The molecule has 0 radical (unpaired) electrons.